The lowest BCUT2D eigenvalue weighted by Gasteiger charge is -2.32. The summed E-state index contributed by atoms with van der Waals surface area (Å²) in [6.45, 7) is 6.62. The van der Waals surface area contributed by atoms with E-state index in [0.717, 1.165) is 60.0 Å². The summed E-state index contributed by atoms with van der Waals surface area (Å²) in [4.78, 5) is 20.7. The SMILES string of the molecule is CCCCCN[C@H](C(=O)N1CCn2c(nc(-c3ccc(F)cc3)c2Nc2ccc(C)cc2)C1)c1ccccc1. The minimum Gasteiger partial charge on any atom is -0.340 e. The van der Waals surface area contributed by atoms with Crippen molar-refractivity contribution >= 4 is 17.4 Å². The molecular formula is C32H36FN5O. The molecule has 0 radical (unpaired) electrons. The standard InChI is InChI=1S/C32H36FN5O/c1-3-4-8-19-34-30(24-9-6-5-7-10-24)32(39)37-20-21-38-28(22-37)36-29(25-13-15-26(33)16-14-25)31(38)35-27-17-11-23(2)12-18-27/h5-7,9-18,30,34-35H,3-4,8,19-22H2,1-2H3/t30-/m0/s1. The molecule has 0 spiro atoms. The van der Waals surface area contributed by atoms with Gasteiger partial charge in [0, 0.05) is 24.3 Å². The number of amides is 1. The number of imidazole rings is 1. The lowest BCUT2D eigenvalue weighted by molar-refractivity contribution is -0.135. The van der Waals surface area contributed by atoms with Crippen LogP contribution in [0, 0.1) is 12.7 Å². The average molecular weight is 526 g/mol. The number of aromatic nitrogens is 2. The molecule has 1 aromatic heterocycles. The molecule has 2 heterocycles. The van der Waals surface area contributed by atoms with Gasteiger partial charge in [-0.05, 0) is 61.9 Å². The van der Waals surface area contributed by atoms with E-state index < -0.39 is 6.04 Å². The molecule has 2 N–H and O–H groups in total. The van der Waals surface area contributed by atoms with Gasteiger partial charge in [0.05, 0.1) is 6.54 Å². The van der Waals surface area contributed by atoms with E-state index in [9.17, 15) is 9.18 Å². The van der Waals surface area contributed by atoms with E-state index in [4.69, 9.17) is 4.98 Å². The Kier molecular flexibility index (Phi) is 8.37. The molecule has 7 heteroatoms. The Labute approximate surface area is 229 Å². The van der Waals surface area contributed by atoms with Crippen molar-refractivity contribution in [1.29, 1.82) is 0 Å². The second-order valence-electron chi connectivity index (χ2n) is 10.1. The number of halogens is 1. The topological polar surface area (TPSA) is 62.2 Å². The van der Waals surface area contributed by atoms with Gasteiger partial charge in [0.25, 0.3) is 0 Å². The summed E-state index contributed by atoms with van der Waals surface area (Å²) in [5, 5.41) is 7.05. The minimum atomic E-state index is -0.397. The first-order valence-corrected chi connectivity index (χ1v) is 13.8. The van der Waals surface area contributed by atoms with Gasteiger partial charge in [-0.25, -0.2) is 9.37 Å². The van der Waals surface area contributed by atoms with Crippen LogP contribution in [0.4, 0.5) is 15.9 Å². The Morgan fingerprint density at radius 3 is 2.44 bits per heavy atom. The predicted molar refractivity (Wildman–Crippen MR) is 154 cm³/mol. The van der Waals surface area contributed by atoms with Gasteiger partial charge in [0.15, 0.2) is 0 Å². The Morgan fingerprint density at radius 2 is 1.72 bits per heavy atom. The van der Waals surface area contributed by atoms with Gasteiger partial charge in [0.2, 0.25) is 5.91 Å². The molecule has 1 aliphatic heterocycles. The molecule has 0 aliphatic carbocycles. The highest BCUT2D eigenvalue weighted by Gasteiger charge is 2.31. The summed E-state index contributed by atoms with van der Waals surface area (Å²) < 4.78 is 15.9. The number of carbonyl (C=O) groups excluding carboxylic acids is 1. The van der Waals surface area contributed by atoms with Gasteiger partial charge in [0.1, 0.15) is 29.2 Å². The largest absolute Gasteiger partial charge is 0.340 e. The van der Waals surface area contributed by atoms with Crippen molar-refractivity contribution in [3.8, 4) is 11.3 Å². The zero-order valence-corrected chi connectivity index (χ0v) is 22.7. The summed E-state index contributed by atoms with van der Waals surface area (Å²) >= 11 is 0. The van der Waals surface area contributed by atoms with Crippen LogP contribution in [0.3, 0.4) is 0 Å². The molecule has 3 aromatic carbocycles. The molecule has 0 saturated carbocycles. The number of carbonyl (C=O) groups is 1. The zero-order valence-electron chi connectivity index (χ0n) is 22.7. The fraction of sp³-hybridized carbons (Fsp3) is 0.312. The van der Waals surface area contributed by atoms with Gasteiger partial charge in [-0.2, -0.15) is 0 Å². The molecule has 1 atom stereocenters. The van der Waals surface area contributed by atoms with E-state index in [2.05, 4.69) is 41.2 Å². The Hall–Kier alpha value is -3.97. The molecule has 39 heavy (non-hydrogen) atoms. The number of unbranched alkanes of at least 4 members (excludes halogenated alkanes) is 2. The first-order chi connectivity index (χ1) is 19.0. The van der Waals surface area contributed by atoms with Crippen LogP contribution < -0.4 is 10.6 Å². The van der Waals surface area contributed by atoms with Crippen LogP contribution in [-0.4, -0.2) is 33.4 Å². The molecule has 1 amide bonds. The van der Waals surface area contributed by atoms with Gasteiger partial charge in [-0.15, -0.1) is 0 Å². The van der Waals surface area contributed by atoms with Crippen LogP contribution in [0.5, 0.6) is 0 Å². The van der Waals surface area contributed by atoms with E-state index in [1.165, 1.54) is 17.7 Å². The number of hydrogen-bond donors (Lipinski definition) is 2. The van der Waals surface area contributed by atoms with Crippen molar-refractivity contribution in [1.82, 2.24) is 19.8 Å². The van der Waals surface area contributed by atoms with Crippen LogP contribution in [0.15, 0.2) is 78.9 Å². The molecule has 0 unspecified atom stereocenters. The van der Waals surface area contributed by atoms with Crippen molar-refractivity contribution in [2.45, 2.75) is 52.2 Å². The molecular weight excluding hydrogens is 489 g/mol. The van der Waals surface area contributed by atoms with Crippen molar-refractivity contribution in [2.75, 3.05) is 18.4 Å². The quantitative estimate of drug-likeness (QED) is 0.229. The van der Waals surface area contributed by atoms with Crippen LogP contribution in [0.25, 0.3) is 11.3 Å². The number of aryl methyl sites for hydroxylation is 1. The van der Waals surface area contributed by atoms with Crippen molar-refractivity contribution in [3.05, 3.63) is 102 Å². The van der Waals surface area contributed by atoms with E-state index in [-0.39, 0.29) is 11.7 Å². The maximum atomic E-state index is 13.9. The van der Waals surface area contributed by atoms with Crippen LogP contribution in [-0.2, 0) is 17.9 Å². The highest BCUT2D eigenvalue weighted by atomic mass is 19.1. The van der Waals surface area contributed by atoms with Crippen LogP contribution in [0.2, 0.25) is 0 Å². The van der Waals surface area contributed by atoms with Crippen molar-refractivity contribution < 1.29 is 9.18 Å². The molecule has 202 valence electrons. The second kappa shape index (κ2) is 12.3. The van der Waals surface area contributed by atoms with Crippen LogP contribution >= 0.6 is 0 Å². The maximum Gasteiger partial charge on any atom is 0.244 e. The molecule has 0 bridgehead atoms. The smallest absolute Gasteiger partial charge is 0.244 e. The third kappa shape index (κ3) is 6.20. The van der Waals surface area contributed by atoms with Crippen molar-refractivity contribution in [2.24, 2.45) is 0 Å². The number of hydrogen-bond acceptors (Lipinski definition) is 4. The van der Waals surface area contributed by atoms with Gasteiger partial charge in [-0.1, -0.05) is 67.8 Å². The number of nitrogens with one attached hydrogen (secondary N) is 2. The summed E-state index contributed by atoms with van der Waals surface area (Å²) in [5.74, 6) is 1.43. The Morgan fingerprint density at radius 1 is 0.974 bits per heavy atom. The van der Waals surface area contributed by atoms with E-state index in [1.807, 2.05) is 47.4 Å². The lowest BCUT2D eigenvalue weighted by Crippen LogP contribution is -2.45. The lowest BCUT2D eigenvalue weighted by atomic mass is 10.0. The zero-order chi connectivity index (χ0) is 27.2. The first-order valence-electron chi connectivity index (χ1n) is 13.8. The van der Waals surface area contributed by atoms with Gasteiger partial charge < -0.3 is 20.1 Å². The van der Waals surface area contributed by atoms with Gasteiger partial charge >= 0.3 is 0 Å². The summed E-state index contributed by atoms with van der Waals surface area (Å²) in [7, 11) is 0. The van der Waals surface area contributed by atoms with E-state index >= 15 is 0 Å². The van der Waals surface area contributed by atoms with Crippen molar-refractivity contribution in [3.63, 3.8) is 0 Å². The summed E-state index contributed by atoms with van der Waals surface area (Å²) in [6, 6.07) is 24.1. The Bertz CT molecular complexity index is 1380. The second-order valence-corrected chi connectivity index (χ2v) is 10.1. The molecule has 1 aliphatic rings. The molecule has 0 saturated heterocycles. The minimum absolute atomic E-state index is 0.0586. The monoisotopic (exact) mass is 525 g/mol. The highest BCUT2D eigenvalue weighted by Crippen LogP contribution is 2.34. The first kappa shape index (κ1) is 26.6. The summed E-state index contributed by atoms with van der Waals surface area (Å²) in [5.41, 5.74) is 4.68. The van der Waals surface area contributed by atoms with E-state index in [1.54, 1.807) is 12.1 Å². The molecule has 5 rings (SSSR count). The fourth-order valence-corrected chi connectivity index (χ4v) is 5.03. The third-order valence-electron chi connectivity index (χ3n) is 7.22. The predicted octanol–water partition coefficient (Wildman–Crippen LogP) is 6.60. The number of anilines is 2. The van der Waals surface area contributed by atoms with E-state index in [0.29, 0.717) is 19.6 Å². The number of benzene rings is 3. The third-order valence-corrected chi connectivity index (χ3v) is 7.22. The Balaban J connectivity index is 1.43. The van der Waals surface area contributed by atoms with Gasteiger partial charge in [-0.3, -0.25) is 4.79 Å². The normalized spacial score (nSPS) is 13.7. The number of nitrogens with zero attached hydrogens (tertiary/aromatic N) is 3. The average Bonchev–Trinajstić information content (AvgIpc) is 3.32. The number of rotatable bonds is 10. The number of fused-ring (bicyclic) bond motifs is 1. The maximum absolute atomic E-state index is 13.9. The molecule has 0 fully saturated rings. The van der Waals surface area contributed by atoms with Crippen LogP contribution in [0.1, 0.15) is 49.2 Å². The molecule has 6 nitrogen and oxygen atoms in total. The molecule has 4 aromatic rings. The summed E-state index contributed by atoms with van der Waals surface area (Å²) in [6.07, 6.45) is 3.30. The highest BCUT2D eigenvalue weighted by molar-refractivity contribution is 5.84. The fourth-order valence-electron chi connectivity index (χ4n) is 5.03.